The van der Waals surface area contributed by atoms with Crippen molar-refractivity contribution >= 4 is 28.4 Å². The van der Waals surface area contributed by atoms with Crippen molar-refractivity contribution in [3.63, 3.8) is 0 Å². The molecular weight excluding hydrogens is 377 g/mol. The van der Waals surface area contributed by atoms with Crippen molar-refractivity contribution < 1.29 is 36.1 Å². The van der Waals surface area contributed by atoms with Gasteiger partial charge < -0.3 is 14.4 Å². The van der Waals surface area contributed by atoms with Gasteiger partial charge in [-0.05, 0) is 12.1 Å². The second-order valence-corrected chi connectivity index (χ2v) is 5.85. The highest BCUT2D eigenvalue weighted by molar-refractivity contribution is 7.80. The maximum Gasteiger partial charge on any atom is 0.407 e. The summed E-state index contributed by atoms with van der Waals surface area (Å²) >= 11 is 0. The second kappa shape index (κ2) is 10.2. The predicted molar refractivity (Wildman–Crippen MR) is 96.1 cm³/mol. The van der Waals surface area contributed by atoms with Gasteiger partial charge in [-0.25, -0.2) is 13.2 Å². The molecule has 0 aromatic heterocycles. The molecule has 2 aromatic rings. The molecule has 2 rings (SSSR count). The predicted octanol–water partition coefficient (Wildman–Crippen LogP) is 2.83. The van der Waals surface area contributed by atoms with Crippen LogP contribution in [0.15, 0.2) is 72.1 Å². The fourth-order valence-corrected chi connectivity index (χ4v) is 2.06. The van der Waals surface area contributed by atoms with Gasteiger partial charge in [-0.3, -0.25) is 0 Å². The summed E-state index contributed by atoms with van der Waals surface area (Å²) in [6.45, 7) is 1.46. The van der Waals surface area contributed by atoms with E-state index in [2.05, 4.69) is 0 Å². The van der Waals surface area contributed by atoms with Crippen molar-refractivity contribution in [3.8, 4) is 0 Å². The molecule has 1 N–H and O–H groups in total. The van der Waals surface area contributed by atoms with Gasteiger partial charge in [0.05, 0.1) is 7.11 Å². The molecule has 7 nitrogen and oxygen atoms in total. The van der Waals surface area contributed by atoms with Crippen LogP contribution in [0.1, 0.15) is 12.5 Å². The van der Waals surface area contributed by atoms with Gasteiger partial charge in [-0.2, -0.15) is 4.58 Å². The van der Waals surface area contributed by atoms with E-state index in [4.69, 9.17) is 17.7 Å². The lowest BCUT2D eigenvalue weighted by molar-refractivity contribution is -0.378. The van der Waals surface area contributed by atoms with Gasteiger partial charge in [0.15, 0.2) is 12.0 Å². The van der Waals surface area contributed by atoms with Crippen LogP contribution in [0, 0.1) is 0 Å². The zero-order valence-electron chi connectivity index (χ0n) is 14.6. The Morgan fingerprint density at radius 2 is 1.56 bits per heavy atom. The van der Waals surface area contributed by atoms with E-state index in [1.54, 1.807) is 10.8 Å². The van der Waals surface area contributed by atoms with Gasteiger partial charge in [0, 0.05) is 24.6 Å². The van der Waals surface area contributed by atoms with Crippen LogP contribution in [0.2, 0.25) is 0 Å². The van der Waals surface area contributed by atoms with Gasteiger partial charge in [0.1, 0.15) is 0 Å². The van der Waals surface area contributed by atoms with Crippen LogP contribution in [0.4, 0.5) is 9.57 Å². The Labute approximate surface area is 156 Å². The van der Waals surface area contributed by atoms with Gasteiger partial charge in [-0.15, -0.1) is 3.89 Å². The molecule has 144 valence electrons. The molecule has 0 aliphatic rings. The first-order valence-corrected chi connectivity index (χ1v) is 8.82. The number of ether oxygens (including phenoxy) is 1. The molecule has 0 aliphatic heterocycles. The molecule has 0 fully saturated rings. The maximum atomic E-state index is 12.1. The van der Waals surface area contributed by atoms with Gasteiger partial charge in [0.25, 0.3) is 10.5 Å². The molecule has 27 heavy (non-hydrogen) atoms. The number of halogens is 1. The molecule has 9 heteroatoms. The summed E-state index contributed by atoms with van der Waals surface area (Å²) in [7, 11) is -4.13. The van der Waals surface area contributed by atoms with E-state index >= 15 is 0 Å². The Balaban J connectivity index is 0.000000646. The number of esters is 1. The molecule has 0 spiro atoms. The maximum absolute atomic E-state index is 12.1. The van der Waals surface area contributed by atoms with Crippen LogP contribution in [0.25, 0.3) is 0 Å². The molecule has 2 aromatic carbocycles. The van der Waals surface area contributed by atoms with E-state index in [1.807, 2.05) is 60.7 Å². The molecule has 0 unspecified atom stereocenters. The van der Waals surface area contributed by atoms with E-state index in [-0.39, 0.29) is 11.5 Å². The minimum absolute atomic E-state index is 0.0811. The molecular formula is C18H18FNO6S. The number of para-hydroxylation sites is 1. The summed E-state index contributed by atoms with van der Waals surface area (Å²) in [6, 6.07) is 18.9. The summed E-state index contributed by atoms with van der Waals surface area (Å²) in [4.78, 5) is 12.1. The topological polar surface area (TPSA) is 107 Å². The van der Waals surface area contributed by atoms with E-state index in [0.29, 0.717) is 0 Å². The summed E-state index contributed by atoms with van der Waals surface area (Å²) in [5.74, 6) is -0.709. The van der Waals surface area contributed by atoms with Crippen molar-refractivity contribution in [2.45, 2.75) is 6.92 Å². The number of methoxy groups -OCH3 is 1. The standard InChI is InChI=1S/C18H17NO3.FHO3S/c1-14(20)17(18(21)22-2)19(16-11-7-4-8-12-16)13-15-9-5-3-6-10-15;1-5(2,3)4/h3-13H,1-2H3;(H,2,3,4). The first-order valence-electron chi connectivity index (χ1n) is 7.51. The number of carbonyl (C=O) groups is 1. The molecule has 0 saturated heterocycles. The summed E-state index contributed by atoms with van der Waals surface area (Å²) < 4.78 is 41.8. The number of rotatable bonds is 4. The molecule has 0 heterocycles. The van der Waals surface area contributed by atoms with Gasteiger partial charge >= 0.3 is 11.7 Å². The Hall–Kier alpha value is -3.04. The van der Waals surface area contributed by atoms with Crippen molar-refractivity contribution in [1.82, 2.24) is 0 Å². The Kier molecular flexibility index (Phi) is 8.31. The number of nitrogens with zero attached hydrogens (tertiary/aromatic N) is 1. The largest absolute Gasteiger partial charge is 0.722 e. The van der Waals surface area contributed by atoms with Crippen molar-refractivity contribution in [3.05, 3.63) is 77.7 Å². The zero-order valence-corrected chi connectivity index (χ0v) is 15.4. The third kappa shape index (κ3) is 8.25. The van der Waals surface area contributed by atoms with Crippen LogP contribution >= 0.6 is 0 Å². The van der Waals surface area contributed by atoms with E-state index < -0.39 is 16.5 Å². The third-order valence-electron chi connectivity index (χ3n) is 3.07. The minimum Gasteiger partial charge on any atom is -0.722 e. The summed E-state index contributed by atoms with van der Waals surface area (Å²) in [5, 5.41) is 9.94. The zero-order chi connectivity index (χ0) is 20.4. The first kappa shape index (κ1) is 22.0. The highest BCUT2D eigenvalue weighted by Gasteiger charge is 2.28. The average Bonchev–Trinajstić information content (AvgIpc) is 2.61. The second-order valence-electron chi connectivity index (χ2n) is 5.06. The van der Waals surface area contributed by atoms with Crippen molar-refractivity contribution in [2.75, 3.05) is 7.11 Å². The number of hydrogen-bond donors (Lipinski definition) is 1. The summed E-state index contributed by atoms with van der Waals surface area (Å²) in [6.07, 6.45) is 1.78. The molecule has 0 bridgehead atoms. The number of hydrogen-bond acceptors (Lipinski definition) is 6. The van der Waals surface area contributed by atoms with Crippen LogP contribution in [-0.4, -0.2) is 41.9 Å². The third-order valence-corrected chi connectivity index (χ3v) is 3.07. The van der Waals surface area contributed by atoms with Crippen LogP contribution in [0.3, 0.4) is 0 Å². The molecule has 0 saturated carbocycles. The SMILES string of the molecule is COC(=O)/C(=C(\C)O)[N+](=Cc1ccccc1)c1ccccc1.O=S(=O)([O-])F. The minimum atomic E-state index is -5.42. The molecule has 0 aliphatic carbocycles. The fraction of sp³-hybridized carbons (Fsp3) is 0.111. The Morgan fingerprint density at radius 1 is 1.11 bits per heavy atom. The van der Waals surface area contributed by atoms with Crippen LogP contribution in [0.5, 0.6) is 0 Å². The quantitative estimate of drug-likeness (QED) is 0.162. The number of aliphatic hydroxyl groups excluding tert-OH is 1. The molecule has 0 atom stereocenters. The number of aliphatic hydroxyl groups is 1. The van der Waals surface area contributed by atoms with E-state index in [9.17, 15) is 13.8 Å². The Bertz CT molecular complexity index is 913. The van der Waals surface area contributed by atoms with Crippen LogP contribution < -0.4 is 0 Å². The van der Waals surface area contributed by atoms with E-state index in [0.717, 1.165) is 11.3 Å². The van der Waals surface area contributed by atoms with Gasteiger partial charge in [-0.1, -0.05) is 36.4 Å². The van der Waals surface area contributed by atoms with Crippen molar-refractivity contribution in [2.24, 2.45) is 0 Å². The lowest BCUT2D eigenvalue weighted by atomic mass is 10.2. The smallest absolute Gasteiger partial charge is 0.407 e. The number of benzene rings is 2. The highest BCUT2D eigenvalue weighted by Crippen LogP contribution is 2.19. The molecule has 0 amide bonds. The number of carbonyl (C=O) groups excluding carboxylic acids is 1. The lowest BCUT2D eigenvalue weighted by Crippen LogP contribution is -2.19. The highest BCUT2D eigenvalue weighted by atomic mass is 32.3. The lowest BCUT2D eigenvalue weighted by Gasteiger charge is -2.06. The Morgan fingerprint density at radius 3 is 1.96 bits per heavy atom. The van der Waals surface area contributed by atoms with Crippen molar-refractivity contribution in [1.29, 1.82) is 0 Å². The van der Waals surface area contributed by atoms with Crippen LogP contribution in [-0.2, 0) is 20.0 Å². The average molecular weight is 395 g/mol. The van der Waals surface area contributed by atoms with E-state index in [1.165, 1.54) is 14.0 Å². The monoisotopic (exact) mass is 395 g/mol. The summed E-state index contributed by atoms with van der Waals surface area (Å²) in [5.41, 5.74) is 1.73. The first-order chi connectivity index (χ1) is 12.6. The molecule has 0 radical (unpaired) electrons. The number of allylic oxidation sites excluding steroid dienone is 1. The van der Waals surface area contributed by atoms with Gasteiger partial charge in [0.2, 0.25) is 5.69 Å². The normalized spacial score (nSPS) is 12.4. The fourth-order valence-electron chi connectivity index (χ4n) is 2.06.